The molecule has 0 bridgehead atoms. The van der Waals surface area contributed by atoms with Crippen LogP contribution in [0.1, 0.15) is 51.7 Å². The summed E-state index contributed by atoms with van der Waals surface area (Å²) in [5.41, 5.74) is -0.927. The molecule has 3 aliphatic rings. The molecule has 11 heteroatoms. The maximum atomic E-state index is 14.1. The van der Waals surface area contributed by atoms with Crippen molar-refractivity contribution in [1.82, 2.24) is 15.1 Å². The predicted octanol–water partition coefficient (Wildman–Crippen LogP) is 3.28. The van der Waals surface area contributed by atoms with Crippen LogP contribution in [-0.4, -0.2) is 70.3 Å². The summed E-state index contributed by atoms with van der Waals surface area (Å²) >= 11 is 0. The fourth-order valence-electron chi connectivity index (χ4n) is 4.95. The summed E-state index contributed by atoms with van der Waals surface area (Å²) < 4.78 is 30.4. The van der Waals surface area contributed by atoms with E-state index in [1.54, 1.807) is 45.9 Å². The van der Waals surface area contributed by atoms with Crippen LogP contribution in [0.5, 0.6) is 0 Å². The van der Waals surface area contributed by atoms with Crippen molar-refractivity contribution in [3.8, 4) is 0 Å². The molecule has 10 nitrogen and oxygen atoms in total. The lowest BCUT2D eigenvalue weighted by Crippen LogP contribution is -2.53. The van der Waals surface area contributed by atoms with Crippen LogP contribution < -0.4 is 5.32 Å². The highest BCUT2D eigenvalue weighted by molar-refractivity contribution is 5.95. The molecule has 38 heavy (non-hydrogen) atoms. The van der Waals surface area contributed by atoms with E-state index in [9.17, 15) is 23.6 Å². The van der Waals surface area contributed by atoms with Gasteiger partial charge in [-0.05, 0) is 45.7 Å². The van der Waals surface area contributed by atoms with Crippen molar-refractivity contribution < 1.29 is 37.8 Å². The van der Waals surface area contributed by atoms with Gasteiger partial charge in [-0.15, -0.1) is 6.58 Å². The molecule has 3 amide bonds. The van der Waals surface area contributed by atoms with E-state index in [2.05, 4.69) is 11.9 Å². The van der Waals surface area contributed by atoms with Gasteiger partial charge in [0.15, 0.2) is 0 Å². The van der Waals surface area contributed by atoms with Crippen molar-refractivity contribution in [3.05, 3.63) is 47.8 Å². The van der Waals surface area contributed by atoms with Gasteiger partial charge in [0, 0.05) is 24.4 Å². The number of likely N-dealkylation sites (tertiary alicyclic amines) is 1. The minimum atomic E-state index is -1.24. The highest BCUT2D eigenvalue weighted by atomic mass is 19.1. The molecular weight excluding hydrogens is 497 g/mol. The fourth-order valence-corrected chi connectivity index (χ4v) is 4.95. The zero-order chi connectivity index (χ0) is 27.8. The van der Waals surface area contributed by atoms with Crippen LogP contribution in [-0.2, 0) is 36.9 Å². The Bertz CT molecular complexity index is 1150. The average molecular weight is 532 g/mol. The number of carbonyl (C=O) groups excluding carboxylic acids is 4. The predicted molar refractivity (Wildman–Crippen MR) is 133 cm³/mol. The quantitative estimate of drug-likeness (QED) is 0.340. The first-order chi connectivity index (χ1) is 17.9. The third-order valence-corrected chi connectivity index (χ3v) is 6.93. The van der Waals surface area contributed by atoms with E-state index in [1.165, 1.54) is 15.9 Å². The summed E-state index contributed by atoms with van der Waals surface area (Å²) in [6, 6.07) is 3.63. The number of halogens is 1. The monoisotopic (exact) mass is 531 g/mol. The van der Waals surface area contributed by atoms with E-state index in [0.717, 1.165) is 0 Å². The molecule has 2 aliphatic heterocycles. The summed E-state index contributed by atoms with van der Waals surface area (Å²) in [7, 11) is 0. The van der Waals surface area contributed by atoms with Gasteiger partial charge in [0.1, 0.15) is 29.1 Å². The molecule has 1 N–H and O–H groups in total. The van der Waals surface area contributed by atoms with Crippen LogP contribution in [0.15, 0.2) is 30.9 Å². The topological polar surface area (TPSA) is 114 Å². The lowest BCUT2D eigenvalue weighted by Gasteiger charge is -2.28. The minimum absolute atomic E-state index is 0.00360. The molecule has 0 radical (unpaired) electrons. The summed E-state index contributed by atoms with van der Waals surface area (Å²) in [5, 5.41) is 2.76. The first kappa shape index (κ1) is 27.4. The molecule has 1 aromatic carbocycles. The van der Waals surface area contributed by atoms with Crippen LogP contribution in [0.3, 0.4) is 0 Å². The number of amides is 3. The van der Waals surface area contributed by atoms with Crippen molar-refractivity contribution in [2.45, 2.75) is 76.9 Å². The Morgan fingerprint density at radius 3 is 2.55 bits per heavy atom. The van der Waals surface area contributed by atoms with Gasteiger partial charge in [0.2, 0.25) is 5.91 Å². The molecular formula is C27H34FN3O7. The lowest BCUT2D eigenvalue weighted by molar-refractivity contribution is -0.149. The van der Waals surface area contributed by atoms with E-state index in [0.29, 0.717) is 17.5 Å². The van der Waals surface area contributed by atoms with Crippen molar-refractivity contribution >= 4 is 24.1 Å². The van der Waals surface area contributed by atoms with E-state index in [4.69, 9.17) is 14.2 Å². The second-order valence-electron chi connectivity index (χ2n) is 10.9. The number of hydrogen-bond acceptors (Lipinski definition) is 7. The molecule has 0 spiro atoms. The summed E-state index contributed by atoms with van der Waals surface area (Å²) in [5.74, 6) is -1.83. The van der Waals surface area contributed by atoms with Crippen LogP contribution in [0, 0.1) is 11.7 Å². The maximum absolute atomic E-state index is 14.1. The fraction of sp³-hybridized carbons (Fsp3) is 0.556. The zero-order valence-electron chi connectivity index (χ0n) is 22.1. The summed E-state index contributed by atoms with van der Waals surface area (Å²) in [4.78, 5) is 54.6. The molecule has 206 valence electrons. The number of benzene rings is 1. The number of esters is 1. The number of carbonyl (C=O) groups is 4. The number of ether oxygens (including phenoxy) is 3. The van der Waals surface area contributed by atoms with Gasteiger partial charge in [0.25, 0.3) is 0 Å². The Hall–Kier alpha value is -3.63. The van der Waals surface area contributed by atoms with Crippen molar-refractivity contribution in [2.75, 3.05) is 13.2 Å². The van der Waals surface area contributed by atoms with E-state index >= 15 is 0 Å². The Labute approximate surface area is 221 Å². The van der Waals surface area contributed by atoms with E-state index in [-0.39, 0.29) is 44.4 Å². The standard InChI is InChI=1S/C27H34FN3O7/c1-6-17-12-27(17,23(33)36-7-2)29-22(32)21-11-18(14-31(21)25(35)38-26(3,4)5)37-24(34)30-13-16-9-8-10-20(28)19(16)15-30/h6,8-10,17-18,21H,1,7,11-15H2,2-5H3,(H,29,32)/t17?,18-,21+,27?/m1/s1. The Morgan fingerprint density at radius 2 is 1.95 bits per heavy atom. The summed E-state index contributed by atoms with van der Waals surface area (Å²) in [6.45, 7) is 10.8. The Morgan fingerprint density at radius 1 is 1.21 bits per heavy atom. The number of nitrogens with one attached hydrogen (secondary N) is 1. The van der Waals surface area contributed by atoms with Gasteiger partial charge < -0.3 is 19.5 Å². The highest BCUT2D eigenvalue weighted by Gasteiger charge is 2.62. The number of hydrogen-bond donors (Lipinski definition) is 1. The molecule has 1 saturated heterocycles. The molecule has 2 heterocycles. The molecule has 4 atom stereocenters. The van der Waals surface area contributed by atoms with Crippen molar-refractivity contribution in [3.63, 3.8) is 0 Å². The molecule has 2 unspecified atom stereocenters. The van der Waals surface area contributed by atoms with Crippen molar-refractivity contribution in [1.29, 1.82) is 0 Å². The number of fused-ring (bicyclic) bond motifs is 1. The average Bonchev–Trinajstić information content (AvgIpc) is 3.15. The van der Waals surface area contributed by atoms with Gasteiger partial charge in [0.05, 0.1) is 19.7 Å². The smallest absolute Gasteiger partial charge is 0.411 e. The molecule has 0 aromatic heterocycles. The normalized spacial score (nSPS) is 25.9. The van der Waals surface area contributed by atoms with Crippen molar-refractivity contribution in [2.24, 2.45) is 5.92 Å². The van der Waals surface area contributed by atoms with Crippen LogP contribution in [0.2, 0.25) is 0 Å². The molecule has 1 aliphatic carbocycles. The first-order valence-electron chi connectivity index (χ1n) is 12.7. The van der Waals surface area contributed by atoms with Crippen LogP contribution >= 0.6 is 0 Å². The second-order valence-corrected chi connectivity index (χ2v) is 10.9. The Balaban J connectivity index is 1.47. The van der Waals surface area contributed by atoms with E-state index in [1.807, 2.05) is 0 Å². The molecule has 2 fully saturated rings. The van der Waals surface area contributed by atoms with Crippen LogP contribution in [0.25, 0.3) is 0 Å². The highest BCUT2D eigenvalue weighted by Crippen LogP contribution is 2.45. The van der Waals surface area contributed by atoms with Gasteiger partial charge in [-0.3, -0.25) is 14.6 Å². The summed E-state index contributed by atoms with van der Waals surface area (Å²) in [6.07, 6.45) is -0.305. The van der Waals surface area contributed by atoms with E-state index < -0.39 is 47.3 Å². The minimum Gasteiger partial charge on any atom is -0.464 e. The first-order valence-corrected chi connectivity index (χ1v) is 12.7. The zero-order valence-corrected chi connectivity index (χ0v) is 22.1. The number of rotatable bonds is 6. The third-order valence-electron chi connectivity index (χ3n) is 6.93. The second kappa shape index (κ2) is 10.3. The van der Waals surface area contributed by atoms with Gasteiger partial charge >= 0.3 is 18.2 Å². The largest absolute Gasteiger partial charge is 0.464 e. The molecule has 1 saturated carbocycles. The van der Waals surface area contributed by atoms with Gasteiger partial charge in [-0.25, -0.2) is 18.8 Å². The van der Waals surface area contributed by atoms with Gasteiger partial charge in [-0.1, -0.05) is 18.2 Å². The maximum Gasteiger partial charge on any atom is 0.411 e. The SMILES string of the molecule is C=CC1CC1(NC(=O)[C@@H]1C[C@@H](OC(=O)N2Cc3cccc(F)c3C2)CN1C(=O)OC(C)(C)C)C(=O)OCC. The lowest BCUT2D eigenvalue weighted by atomic mass is 10.1. The molecule has 4 rings (SSSR count). The van der Waals surface area contributed by atoms with Crippen LogP contribution in [0.4, 0.5) is 14.0 Å². The Kier molecular flexibility index (Phi) is 7.40. The number of nitrogens with zero attached hydrogens (tertiary/aromatic N) is 2. The van der Waals surface area contributed by atoms with Gasteiger partial charge in [-0.2, -0.15) is 0 Å². The molecule has 1 aromatic rings. The third kappa shape index (κ3) is 5.46.